The van der Waals surface area contributed by atoms with Crippen LogP contribution in [0.5, 0.6) is 0 Å². The van der Waals surface area contributed by atoms with Crippen LogP contribution in [0.3, 0.4) is 0 Å². The van der Waals surface area contributed by atoms with Crippen LogP contribution in [0.25, 0.3) is 11.2 Å². The van der Waals surface area contributed by atoms with Gasteiger partial charge in [0.1, 0.15) is 6.33 Å². The lowest BCUT2D eigenvalue weighted by Gasteiger charge is -2.05. The second-order valence-corrected chi connectivity index (χ2v) is 5.46. The van der Waals surface area contributed by atoms with Gasteiger partial charge in [-0.15, -0.1) is 0 Å². The number of aryl methyl sites for hydroxylation is 1. The molecule has 0 unspecified atom stereocenters. The van der Waals surface area contributed by atoms with Crippen molar-refractivity contribution < 1.29 is 4.79 Å². The van der Waals surface area contributed by atoms with Gasteiger partial charge in [-0.2, -0.15) is 0 Å². The quantitative estimate of drug-likeness (QED) is 0.694. The maximum atomic E-state index is 12.2. The number of fused-ring (bicyclic) bond motifs is 1. The van der Waals surface area contributed by atoms with E-state index < -0.39 is 0 Å². The van der Waals surface area contributed by atoms with E-state index in [1.165, 1.54) is 6.33 Å². The summed E-state index contributed by atoms with van der Waals surface area (Å²) in [5, 5.41) is 2.77. The normalized spacial score (nSPS) is 10.7. The molecule has 3 rings (SSSR count). The molecule has 2 aromatic heterocycles. The summed E-state index contributed by atoms with van der Waals surface area (Å²) in [6.45, 7) is 0. The molecule has 0 radical (unpaired) electrons. The fourth-order valence-corrected chi connectivity index (χ4v) is 2.39. The van der Waals surface area contributed by atoms with E-state index in [-0.39, 0.29) is 5.91 Å². The van der Waals surface area contributed by atoms with Crippen LogP contribution in [-0.2, 0) is 7.05 Å². The van der Waals surface area contributed by atoms with Crippen LogP contribution in [0.2, 0.25) is 0 Å². The zero-order chi connectivity index (χ0) is 14.1. The van der Waals surface area contributed by atoms with E-state index in [2.05, 4.69) is 42.9 Å². The molecule has 0 aliphatic rings. The average molecular weight is 379 g/mol. The highest BCUT2D eigenvalue weighted by molar-refractivity contribution is 14.1. The van der Waals surface area contributed by atoms with E-state index in [1.807, 2.05) is 25.2 Å². The number of imidazole rings is 1. The Hall–Kier alpha value is -2.03. The van der Waals surface area contributed by atoms with Gasteiger partial charge in [-0.3, -0.25) is 4.79 Å². The van der Waals surface area contributed by atoms with Gasteiger partial charge in [-0.1, -0.05) is 6.07 Å². The molecule has 20 heavy (non-hydrogen) atoms. The molecule has 2 heterocycles. The monoisotopic (exact) mass is 379 g/mol. The summed E-state index contributed by atoms with van der Waals surface area (Å²) in [4.78, 5) is 24.6. The second-order valence-electron chi connectivity index (χ2n) is 4.21. The largest absolute Gasteiger partial charge is 0.318 e. The number of carbonyl (C=O) groups excluding carboxylic acids is 1. The number of anilines is 1. The second kappa shape index (κ2) is 5.16. The highest BCUT2D eigenvalue weighted by Gasteiger charge is 2.12. The van der Waals surface area contributed by atoms with Crippen molar-refractivity contribution in [1.29, 1.82) is 0 Å². The molecule has 6 nitrogen and oxygen atoms in total. The summed E-state index contributed by atoms with van der Waals surface area (Å²) in [7, 11) is 1.84. The van der Waals surface area contributed by atoms with Crippen LogP contribution in [0.4, 0.5) is 5.82 Å². The topological polar surface area (TPSA) is 72.7 Å². The molecule has 100 valence electrons. The first-order valence-corrected chi connectivity index (χ1v) is 6.92. The van der Waals surface area contributed by atoms with Crippen LogP contribution in [0.15, 0.2) is 36.9 Å². The Bertz CT molecular complexity index is 798. The van der Waals surface area contributed by atoms with E-state index >= 15 is 0 Å². The Morgan fingerprint density at radius 1 is 1.30 bits per heavy atom. The molecule has 0 atom stereocenters. The first-order chi connectivity index (χ1) is 9.65. The maximum absolute atomic E-state index is 12.2. The van der Waals surface area contributed by atoms with E-state index in [1.54, 1.807) is 17.0 Å². The van der Waals surface area contributed by atoms with Crippen LogP contribution >= 0.6 is 22.6 Å². The van der Waals surface area contributed by atoms with Gasteiger partial charge in [0.05, 0.1) is 6.33 Å². The molecule has 0 saturated carbocycles. The third kappa shape index (κ3) is 2.36. The third-order valence-corrected chi connectivity index (χ3v) is 3.49. The number of carbonyl (C=O) groups is 1. The van der Waals surface area contributed by atoms with Crippen molar-refractivity contribution in [3.63, 3.8) is 0 Å². The van der Waals surface area contributed by atoms with Crippen LogP contribution in [-0.4, -0.2) is 25.4 Å². The minimum absolute atomic E-state index is 0.214. The summed E-state index contributed by atoms with van der Waals surface area (Å²) >= 11 is 2.17. The summed E-state index contributed by atoms with van der Waals surface area (Å²) in [6.07, 6.45) is 3.05. The minimum atomic E-state index is -0.214. The number of halogens is 1. The predicted octanol–water partition coefficient (Wildman–Crippen LogP) is 2.22. The van der Waals surface area contributed by atoms with Gasteiger partial charge in [0, 0.05) is 16.2 Å². The molecule has 1 amide bonds. The Labute approximate surface area is 128 Å². The van der Waals surface area contributed by atoms with Gasteiger partial charge in [-0.25, -0.2) is 15.0 Å². The number of nitrogens with zero attached hydrogens (tertiary/aromatic N) is 4. The molecule has 1 N–H and O–H groups in total. The lowest BCUT2D eigenvalue weighted by atomic mass is 10.2. The molecular weight excluding hydrogens is 369 g/mol. The van der Waals surface area contributed by atoms with Gasteiger partial charge < -0.3 is 9.88 Å². The van der Waals surface area contributed by atoms with Crippen LogP contribution < -0.4 is 5.32 Å². The highest BCUT2D eigenvalue weighted by Crippen LogP contribution is 2.17. The molecule has 0 fully saturated rings. The van der Waals surface area contributed by atoms with Crippen LogP contribution in [0.1, 0.15) is 10.4 Å². The molecule has 0 bridgehead atoms. The smallest absolute Gasteiger partial charge is 0.256 e. The lowest BCUT2D eigenvalue weighted by Crippen LogP contribution is -2.13. The molecule has 0 aliphatic carbocycles. The van der Waals surface area contributed by atoms with Crippen molar-refractivity contribution in [3.05, 3.63) is 46.1 Å². The van der Waals surface area contributed by atoms with Crippen molar-refractivity contribution in [1.82, 2.24) is 19.5 Å². The number of hydrogen-bond acceptors (Lipinski definition) is 4. The number of amides is 1. The Kier molecular flexibility index (Phi) is 3.35. The van der Waals surface area contributed by atoms with Crippen molar-refractivity contribution in [2.45, 2.75) is 0 Å². The SMILES string of the molecule is Cn1cnc2c(NC(=O)c3cccc(I)c3)ncnc21. The number of aromatic nitrogens is 4. The standard InChI is InChI=1S/C13H10IN5O/c1-19-7-17-10-11(15-6-16-12(10)19)18-13(20)8-3-2-4-9(14)5-8/h2-7H,1H3,(H,15,16,18,20). The zero-order valence-corrected chi connectivity index (χ0v) is 12.7. The van der Waals surface area contributed by atoms with Crippen molar-refractivity contribution in [3.8, 4) is 0 Å². The molecule has 7 heteroatoms. The third-order valence-electron chi connectivity index (χ3n) is 2.82. The fraction of sp³-hybridized carbons (Fsp3) is 0.0769. The number of nitrogens with one attached hydrogen (secondary N) is 1. The molecule has 0 aliphatic heterocycles. The fourth-order valence-electron chi connectivity index (χ4n) is 1.85. The van der Waals surface area contributed by atoms with Crippen molar-refractivity contribution >= 4 is 45.5 Å². The Morgan fingerprint density at radius 2 is 2.15 bits per heavy atom. The maximum Gasteiger partial charge on any atom is 0.256 e. The van der Waals surface area contributed by atoms with Crippen molar-refractivity contribution in [2.75, 3.05) is 5.32 Å². The summed E-state index contributed by atoms with van der Waals surface area (Å²) in [5.74, 6) is 0.202. The van der Waals surface area contributed by atoms with Gasteiger partial charge in [0.2, 0.25) is 0 Å². The molecule has 0 spiro atoms. The number of hydrogen-bond donors (Lipinski definition) is 1. The summed E-state index contributed by atoms with van der Waals surface area (Å²) < 4.78 is 2.78. The minimum Gasteiger partial charge on any atom is -0.318 e. The van der Waals surface area contributed by atoms with Gasteiger partial charge in [0.25, 0.3) is 5.91 Å². The van der Waals surface area contributed by atoms with Crippen LogP contribution in [0, 0.1) is 3.57 Å². The number of benzene rings is 1. The number of rotatable bonds is 2. The predicted molar refractivity (Wildman–Crippen MR) is 83.4 cm³/mol. The lowest BCUT2D eigenvalue weighted by molar-refractivity contribution is 0.102. The molecule has 1 aromatic carbocycles. The average Bonchev–Trinajstić information content (AvgIpc) is 2.82. The Balaban J connectivity index is 1.95. The molecule has 0 saturated heterocycles. The molecular formula is C13H10IN5O. The van der Waals surface area contributed by atoms with Gasteiger partial charge >= 0.3 is 0 Å². The van der Waals surface area contributed by atoms with Gasteiger partial charge in [-0.05, 0) is 40.8 Å². The van der Waals surface area contributed by atoms with E-state index in [4.69, 9.17) is 0 Å². The zero-order valence-electron chi connectivity index (χ0n) is 10.5. The van der Waals surface area contributed by atoms with Gasteiger partial charge in [0.15, 0.2) is 17.0 Å². The first kappa shape index (κ1) is 13.0. The van der Waals surface area contributed by atoms with E-state index in [9.17, 15) is 4.79 Å². The molecule has 3 aromatic rings. The summed E-state index contributed by atoms with van der Waals surface area (Å²) in [5.41, 5.74) is 1.84. The first-order valence-electron chi connectivity index (χ1n) is 5.84. The van der Waals surface area contributed by atoms with E-state index in [0.717, 1.165) is 3.57 Å². The van der Waals surface area contributed by atoms with Crippen molar-refractivity contribution in [2.24, 2.45) is 7.05 Å². The summed E-state index contributed by atoms with van der Waals surface area (Å²) in [6, 6.07) is 7.34. The van der Waals surface area contributed by atoms with E-state index in [0.29, 0.717) is 22.5 Å². The highest BCUT2D eigenvalue weighted by atomic mass is 127. The Morgan fingerprint density at radius 3 is 2.95 bits per heavy atom.